The van der Waals surface area contributed by atoms with Crippen LogP contribution in [0.1, 0.15) is 5.69 Å². The normalized spacial score (nSPS) is 10.6. The number of fused-ring (bicyclic) bond motifs is 1. The Morgan fingerprint density at radius 3 is 3.09 bits per heavy atom. The van der Waals surface area contributed by atoms with Crippen LogP contribution >= 0.6 is 0 Å². The average molecular weight is 147 g/mol. The van der Waals surface area contributed by atoms with E-state index in [1.807, 2.05) is 24.4 Å². The molecule has 11 heavy (non-hydrogen) atoms. The summed E-state index contributed by atoms with van der Waals surface area (Å²) in [6.07, 6.45) is 1.87. The summed E-state index contributed by atoms with van der Waals surface area (Å²) in [4.78, 5) is 7.30. The highest BCUT2D eigenvalue weighted by atomic mass is 14.9. The van der Waals surface area contributed by atoms with Gasteiger partial charge >= 0.3 is 0 Å². The summed E-state index contributed by atoms with van der Waals surface area (Å²) in [6, 6.07) is 5.94. The Hall–Kier alpha value is -1.35. The van der Waals surface area contributed by atoms with Crippen LogP contribution in [0.25, 0.3) is 11.0 Å². The zero-order valence-corrected chi connectivity index (χ0v) is 6.04. The lowest BCUT2D eigenvalue weighted by molar-refractivity contribution is 1.00. The number of aromatic amines is 1. The van der Waals surface area contributed by atoms with Crippen molar-refractivity contribution in [2.75, 3.05) is 0 Å². The van der Waals surface area contributed by atoms with Gasteiger partial charge in [0.15, 0.2) is 0 Å². The van der Waals surface area contributed by atoms with Gasteiger partial charge in [0.05, 0.1) is 5.69 Å². The molecule has 3 nitrogen and oxygen atoms in total. The zero-order valence-electron chi connectivity index (χ0n) is 6.04. The number of rotatable bonds is 1. The van der Waals surface area contributed by atoms with Crippen LogP contribution in [0.5, 0.6) is 0 Å². The van der Waals surface area contributed by atoms with Gasteiger partial charge in [-0.1, -0.05) is 0 Å². The summed E-state index contributed by atoms with van der Waals surface area (Å²) < 4.78 is 0. The molecule has 0 radical (unpaired) electrons. The van der Waals surface area contributed by atoms with E-state index < -0.39 is 0 Å². The Balaban J connectivity index is 2.67. The third kappa shape index (κ3) is 0.991. The zero-order chi connectivity index (χ0) is 7.68. The molecule has 3 N–H and O–H groups in total. The molecule has 2 heterocycles. The second kappa shape index (κ2) is 2.36. The smallest absolute Gasteiger partial charge is 0.137 e. The van der Waals surface area contributed by atoms with E-state index in [0.29, 0.717) is 6.54 Å². The number of H-pyrrole nitrogens is 1. The summed E-state index contributed by atoms with van der Waals surface area (Å²) in [5.41, 5.74) is 7.26. The molecule has 0 aliphatic heterocycles. The first-order valence-corrected chi connectivity index (χ1v) is 3.53. The number of aromatic nitrogens is 2. The standard InChI is InChI=1S/C8H9N3/c9-5-7-2-1-6-3-4-10-8(6)11-7/h1-4H,5,9H2,(H,10,11). The van der Waals surface area contributed by atoms with Crippen molar-refractivity contribution >= 4 is 11.0 Å². The molecule has 2 aromatic heterocycles. The van der Waals surface area contributed by atoms with E-state index in [4.69, 9.17) is 5.73 Å². The van der Waals surface area contributed by atoms with E-state index in [1.165, 1.54) is 0 Å². The van der Waals surface area contributed by atoms with Crippen LogP contribution in [0.2, 0.25) is 0 Å². The number of nitrogens with two attached hydrogens (primary N) is 1. The fourth-order valence-corrected chi connectivity index (χ4v) is 1.08. The van der Waals surface area contributed by atoms with E-state index in [0.717, 1.165) is 16.7 Å². The van der Waals surface area contributed by atoms with Gasteiger partial charge in [-0.2, -0.15) is 0 Å². The van der Waals surface area contributed by atoms with Crippen molar-refractivity contribution < 1.29 is 0 Å². The quantitative estimate of drug-likeness (QED) is 0.632. The lowest BCUT2D eigenvalue weighted by Crippen LogP contribution is -1.98. The predicted octanol–water partition coefficient (Wildman–Crippen LogP) is 1.02. The molecule has 0 atom stereocenters. The minimum Gasteiger partial charge on any atom is -0.346 e. The summed E-state index contributed by atoms with van der Waals surface area (Å²) in [5.74, 6) is 0. The first-order valence-electron chi connectivity index (χ1n) is 3.53. The van der Waals surface area contributed by atoms with Crippen molar-refractivity contribution in [1.29, 1.82) is 0 Å². The molecule has 0 aliphatic rings. The first kappa shape index (κ1) is 6.37. The molecule has 2 aromatic rings. The van der Waals surface area contributed by atoms with Crippen molar-refractivity contribution in [2.45, 2.75) is 6.54 Å². The number of hydrogen-bond donors (Lipinski definition) is 2. The highest BCUT2D eigenvalue weighted by Gasteiger charge is 1.95. The molecule has 0 saturated heterocycles. The summed E-state index contributed by atoms with van der Waals surface area (Å²) in [5, 5.41) is 1.13. The van der Waals surface area contributed by atoms with Crippen LogP contribution in [0.4, 0.5) is 0 Å². The van der Waals surface area contributed by atoms with Crippen molar-refractivity contribution in [3.05, 3.63) is 30.1 Å². The molecule has 56 valence electrons. The molecule has 0 unspecified atom stereocenters. The fraction of sp³-hybridized carbons (Fsp3) is 0.125. The first-order chi connectivity index (χ1) is 5.40. The van der Waals surface area contributed by atoms with Gasteiger partial charge in [-0.25, -0.2) is 4.98 Å². The molecule has 0 amide bonds. The highest BCUT2D eigenvalue weighted by molar-refractivity contribution is 5.75. The predicted molar refractivity (Wildman–Crippen MR) is 44.0 cm³/mol. The van der Waals surface area contributed by atoms with Gasteiger partial charge < -0.3 is 10.7 Å². The fourth-order valence-electron chi connectivity index (χ4n) is 1.08. The summed E-state index contributed by atoms with van der Waals surface area (Å²) >= 11 is 0. The van der Waals surface area contributed by atoms with E-state index in [2.05, 4.69) is 9.97 Å². The number of pyridine rings is 1. The Bertz CT molecular complexity index is 364. The Kier molecular flexibility index (Phi) is 1.36. The van der Waals surface area contributed by atoms with Gasteiger partial charge in [-0.15, -0.1) is 0 Å². The topological polar surface area (TPSA) is 54.7 Å². The van der Waals surface area contributed by atoms with Crippen LogP contribution < -0.4 is 5.73 Å². The van der Waals surface area contributed by atoms with E-state index >= 15 is 0 Å². The SMILES string of the molecule is NCc1ccc2cc[nH]c2n1. The number of nitrogens with one attached hydrogen (secondary N) is 1. The van der Waals surface area contributed by atoms with Crippen LogP contribution in [0.15, 0.2) is 24.4 Å². The molecule has 0 aromatic carbocycles. The van der Waals surface area contributed by atoms with E-state index in [1.54, 1.807) is 0 Å². The van der Waals surface area contributed by atoms with Gasteiger partial charge in [0.2, 0.25) is 0 Å². The van der Waals surface area contributed by atoms with Gasteiger partial charge in [0.1, 0.15) is 5.65 Å². The second-order valence-corrected chi connectivity index (χ2v) is 2.42. The Morgan fingerprint density at radius 2 is 2.27 bits per heavy atom. The molecule has 3 heteroatoms. The van der Waals surface area contributed by atoms with Gasteiger partial charge in [0, 0.05) is 18.1 Å². The van der Waals surface area contributed by atoms with Crippen LogP contribution in [0.3, 0.4) is 0 Å². The van der Waals surface area contributed by atoms with Gasteiger partial charge in [0.25, 0.3) is 0 Å². The lowest BCUT2D eigenvalue weighted by Gasteiger charge is -1.93. The van der Waals surface area contributed by atoms with Crippen molar-refractivity contribution in [3.8, 4) is 0 Å². The highest BCUT2D eigenvalue weighted by Crippen LogP contribution is 2.09. The number of hydrogen-bond acceptors (Lipinski definition) is 2. The van der Waals surface area contributed by atoms with Gasteiger partial charge in [-0.05, 0) is 18.2 Å². The largest absolute Gasteiger partial charge is 0.346 e. The third-order valence-corrected chi connectivity index (χ3v) is 1.68. The summed E-state index contributed by atoms with van der Waals surface area (Å²) in [7, 11) is 0. The van der Waals surface area contributed by atoms with Gasteiger partial charge in [-0.3, -0.25) is 0 Å². The maximum absolute atomic E-state index is 5.43. The Labute approximate surface area is 64.2 Å². The third-order valence-electron chi connectivity index (χ3n) is 1.68. The molecular weight excluding hydrogens is 138 g/mol. The molecule has 0 saturated carbocycles. The average Bonchev–Trinajstić information content (AvgIpc) is 2.50. The van der Waals surface area contributed by atoms with Crippen molar-refractivity contribution in [2.24, 2.45) is 5.73 Å². The molecular formula is C8H9N3. The number of nitrogens with zero attached hydrogens (tertiary/aromatic N) is 1. The molecule has 0 spiro atoms. The maximum Gasteiger partial charge on any atom is 0.137 e. The molecule has 2 rings (SSSR count). The molecule has 0 aliphatic carbocycles. The van der Waals surface area contributed by atoms with Crippen LogP contribution in [-0.2, 0) is 6.54 Å². The van der Waals surface area contributed by atoms with Crippen LogP contribution in [0, 0.1) is 0 Å². The van der Waals surface area contributed by atoms with Crippen LogP contribution in [-0.4, -0.2) is 9.97 Å². The van der Waals surface area contributed by atoms with Crippen molar-refractivity contribution in [1.82, 2.24) is 9.97 Å². The minimum atomic E-state index is 0.495. The molecule has 0 bridgehead atoms. The minimum absolute atomic E-state index is 0.495. The molecule has 0 fully saturated rings. The Morgan fingerprint density at radius 1 is 1.36 bits per heavy atom. The van der Waals surface area contributed by atoms with E-state index in [9.17, 15) is 0 Å². The maximum atomic E-state index is 5.43. The van der Waals surface area contributed by atoms with Crippen molar-refractivity contribution in [3.63, 3.8) is 0 Å². The second-order valence-electron chi connectivity index (χ2n) is 2.42. The lowest BCUT2D eigenvalue weighted by atomic mass is 10.3. The monoisotopic (exact) mass is 147 g/mol. The summed E-state index contributed by atoms with van der Waals surface area (Å²) in [6.45, 7) is 0.495. The van der Waals surface area contributed by atoms with E-state index in [-0.39, 0.29) is 0 Å².